The normalized spacial score (nSPS) is 11.6. The van der Waals surface area contributed by atoms with E-state index in [0.717, 1.165) is 10.7 Å². The second-order valence-corrected chi connectivity index (χ2v) is 4.72. The Morgan fingerprint density at radius 3 is 2.36 bits per heavy atom. The summed E-state index contributed by atoms with van der Waals surface area (Å²) < 4.78 is 40.1. The predicted octanol–water partition coefficient (Wildman–Crippen LogP) is 3.40. The SMILES string of the molecule is FC(F)(F)c1cc(-c2ccc(Cl)cc2)nc(-n2cncn2)n1. The van der Waals surface area contributed by atoms with E-state index in [0.29, 0.717) is 10.6 Å². The zero-order chi connectivity index (χ0) is 15.7. The van der Waals surface area contributed by atoms with Crippen LogP contribution in [0.4, 0.5) is 13.2 Å². The van der Waals surface area contributed by atoms with Gasteiger partial charge in [0, 0.05) is 10.6 Å². The first-order valence-electron chi connectivity index (χ1n) is 6.01. The van der Waals surface area contributed by atoms with Crippen LogP contribution in [-0.4, -0.2) is 24.7 Å². The van der Waals surface area contributed by atoms with Crippen LogP contribution in [0.1, 0.15) is 5.69 Å². The Labute approximate surface area is 127 Å². The van der Waals surface area contributed by atoms with Gasteiger partial charge in [0.15, 0.2) is 5.69 Å². The molecule has 0 amide bonds. The van der Waals surface area contributed by atoms with E-state index < -0.39 is 11.9 Å². The minimum Gasteiger partial charge on any atom is -0.223 e. The minimum absolute atomic E-state index is 0.115. The fourth-order valence-electron chi connectivity index (χ4n) is 1.76. The van der Waals surface area contributed by atoms with E-state index in [9.17, 15) is 13.2 Å². The first kappa shape index (κ1) is 14.5. The van der Waals surface area contributed by atoms with Crippen LogP contribution >= 0.6 is 11.6 Å². The summed E-state index contributed by atoms with van der Waals surface area (Å²) in [4.78, 5) is 11.3. The smallest absolute Gasteiger partial charge is 0.223 e. The fourth-order valence-corrected chi connectivity index (χ4v) is 1.89. The Morgan fingerprint density at radius 1 is 1.05 bits per heavy atom. The monoisotopic (exact) mass is 325 g/mol. The Kier molecular flexibility index (Phi) is 3.53. The highest BCUT2D eigenvalue weighted by Crippen LogP contribution is 2.31. The van der Waals surface area contributed by atoms with Gasteiger partial charge in [-0.2, -0.15) is 23.0 Å². The van der Waals surface area contributed by atoms with Crippen molar-refractivity contribution >= 4 is 11.6 Å². The van der Waals surface area contributed by atoms with Gasteiger partial charge in [-0.3, -0.25) is 0 Å². The van der Waals surface area contributed by atoms with Gasteiger partial charge in [0.2, 0.25) is 0 Å². The molecule has 0 aliphatic heterocycles. The molecule has 112 valence electrons. The van der Waals surface area contributed by atoms with Crippen molar-refractivity contribution in [2.75, 3.05) is 0 Å². The molecular formula is C13H7ClF3N5. The number of nitrogens with zero attached hydrogens (tertiary/aromatic N) is 5. The molecule has 0 atom stereocenters. The van der Waals surface area contributed by atoms with Gasteiger partial charge in [0.25, 0.3) is 5.95 Å². The third-order valence-corrected chi connectivity index (χ3v) is 3.02. The molecule has 5 nitrogen and oxygen atoms in total. The standard InChI is InChI=1S/C13H7ClF3N5/c14-9-3-1-8(2-4-9)10-5-11(13(15,16)17)21-12(20-10)22-7-18-6-19-22/h1-7H. The van der Waals surface area contributed by atoms with E-state index in [-0.39, 0.29) is 11.6 Å². The average Bonchev–Trinajstić information content (AvgIpc) is 3.01. The zero-order valence-electron chi connectivity index (χ0n) is 10.8. The van der Waals surface area contributed by atoms with Crippen LogP contribution in [0.5, 0.6) is 0 Å². The van der Waals surface area contributed by atoms with Crippen molar-refractivity contribution < 1.29 is 13.2 Å². The average molecular weight is 326 g/mol. The van der Waals surface area contributed by atoms with Gasteiger partial charge >= 0.3 is 6.18 Å². The van der Waals surface area contributed by atoms with Crippen molar-refractivity contribution in [3.63, 3.8) is 0 Å². The van der Waals surface area contributed by atoms with Crippen molar-refractivity contribution in [2.45, 2.75) is 6.18 Å². The van der Waals surface area contributed by atoms with Crippen molar-refractivity contribution in [2.24, 2.45) is 0 Å². The highest BCUT2D eigenvalue weighted by molar-refractivity contribution is 6.30. The maximum atomic E-state index is 13.0. The molecule has 1 aromatic carbocycles. The quantitative estimate of drug-likeness (QED) is 0.724. The second-order valence-electron chi connectivity index (χ2n) is 4.28. The highest BCUT2D eigenvalue weighted by atomic mass is 35.5. The number of halogens is 4. The second kappa shape index (κ2) is 5.38. The number of rotatable bonds is 2. The molecule has 0 aliphatic rings. The maximum absolute atomic E-state index is 13.0. The van der Waals surface area contributed by atoms with Crippen LogP contribution in [0.25, 0.3) is 17.2 Å². The fraction of sp³-hybridized carbons (Fsp3) is 0.0769. The molecule has 3 rings (SSSR count). The molecule has 0 radical (unpaired) electrons. The molecule has 0 bridgehead atoms. The van der Waals surface area contributed by atoms with E-state index in [4.69, 9.17) is 11.6 Å². The summed E-state index contributed by atoms with van der Waals surface area (Å²) in [6.07, 6.45) is -2.19. The lowest BCUT2D eigenvalue weighted by Crippen LogP contribution is -2.13. The summed E-state index contributed by atoms with van der Waals surface area (Å²) in [6.45, 7) is 0. The molecule has 0 unspecified atom stereocenters. The van der Waals surface area contributed by atoms with Crippen molar-refractivity contribution in [3.8, 4) is 17.2 Å². The van der Waals surface area contributed by atoms with Crippen molar-refractivity contribution in [1.82, 2.24) is 24.7 Å². The lowest BCUT2D eigenvalue weighted by Gasteiger charge is -2.10. The van der Waals surface area contributed by atoms with Crippen LogP contribution < -0.4 is 0 Å². The summed E-state index contributed by atoms with van der Waals surface area (Å²) in [5.74, 6) is -0.211. The van der Waals surface area contributed by atoms with Crippen LogP contribution in [0.15, 0.2) is 43.0 Å². The molecule has 0 aliphatic carbocycles. The molecule has 0 saturated heterocycles. The topological polar surface area (TPSA) is 56.5 Å². The van der Waals surface area contributed by atoms with Gasteiger partial charge in [0.1, 0.15) is 12.7 Å². The highest BCUT2D eigenvalue weighted by Gasteiger charge is 2.34. The predicted molar refractivity (Wildman–Crippen MR) is 72.4 cm³/mol. The van der Waals surface area contributed by atoms with Gasteiger partial charge in [-0.25, -0.2) is 15.0 Å². The maximum Gasteiger partial charge on any atom is 0.433 e. The summed E-state index contributed by atoms with van der Waals surface area (Å²) in [6, 6.07) is 7.18. The third kappa shape index (κ3) is 2.91. The molecule has 0 N–H and O–H groups in total. The minimum atomic E-state index is -4.60. The zero-order valence-corrected chi connectivity index (χ0v) is 11.5. The summed E-state index contributed by atoms with van der Waals surface area (Å²) in [7, 11) is 0. The number of hydrogen-bond donors (Lipinski definition) is 0. The van der Waals surface area contributed by atoms with Crippen LogP contribution in [0.3, 0.4) is 0 Å². The Balaban J connectivity index is 2.17. The Hall–Kier alpha value is -2.48. The van der Waals surface area contributed by atoms with E-state index in [1.807, 2.05) is 0 Å². The van der Waals surface area contributed by atoms with Crippen molar-refractivity contribution in [1.29, 1.82) is 0 Å². The van der Waals surface area contributed by atoms with Gasteiger partial charge in [-0.15, -0.1) is 0 Å². The molecule has 3 aromatic rings. The Morgan fingerprint density at radius 2 is 1.77 bits per heavy atom. The summed E-state index contributed by atoms with van der Waals surface area (Å²) in [5, 5.41) is 4.23. The van der Waals surface area contributed by atoms with Crippen molar-refractivity contribution in [3.05, 3.63) is 53.7 Å². The third-order valence-electron chi connectivity index (χ3n) is 2.77. The molecule has 9 heteroatoms. The molecule has 22 heavy (non-hydrogen) atoms. The number of benzene rings is 1. The first-order chi connectivity index (χ1) is 10.4. The lowest BCUT2D eigenvalue weighted by atomic mass is 10.1. The molecule has 0 spiro atoms. The van der Waals surface area contributed by atoms with E-state index in [2.05, 4.69) is 20.1 Å². The number of hydrogen-bond acceptors (Lipinski definition) is 4. The van der Waals surface area contributed by atoms with Gasteiger partial charge < -0.3 is 0 Å². The molecule has 0 fully saturated rings. The Bertz CT molecular complexity index is 784. The first-order valence-corrected chi connectivity index (χ1v) is 6.38. The van der Waals surface area contributed by atoms with E-state index >= 15 is 0 Å². The molecule has 2 aromatic heterocycles. The van der Waals surface area contributed by atoms with Gasteiger partial charge in [-0.1, -0.05) is 23.7 Å². The van der Waals surface area contributed by atoms with E-state index in [1.54, 1.807) is 24.3 Å². The summed E-state index contributed by atoms with van der Waals surface area (Å²) >= 11 is 5.78. The lowest BCUT2D eigenvalue weighted by molar-refractivity contribution is -0.141. The van der Waals surface area contributed by atoms with E-state index in [1.165, 1.54) is 12.7 Å². The number of aromatic nitrogens is 5. The summed E-state index contributed by atoms with van der Waals surface area (Å²) in [5.41, 5.74) is -0.457. The largest absolute Gasteiger partial charge is 0.433 e. The van der Waals surface area contributed by atoms with Crippen LogP contribution in [-0.2, 0) is 6.18 Å². The molecule has 2 heterocycles. The number of alkyl halides is 3. The molecule has 0 saturated carbocycles. The van der Waals surface area contributed by atoms with Gasteiger partial charge in [0.05, 0.1) is 5.69 Å². The molecular weight excluding hydrogens is 319 g/mol. The van der Waals surface area contributed by atoms with Gasteiger partial charge in [-0.05, 0) is 18.2 Å². The van der Waals surface area contributed by atoms with Crippen LogP contribution in [0.2, 0.25) is 5.02 Å². The van der Waals surface area contributed by atoms with Crippen LogP contribution in [0, 0.1) is 0 Å².